The molecule has 0 aromatic carbocycles. The molecule has 4 nitrogen and oxygen atoms in total. The first-order valence-corrected chi connectivity index (χ1v) is 6.73. The van der Waals surface area contributed by atoms with Crippen LogP contribution in [0, 0.1) is 0 Å². The topological polar surface area (TPSA) is 41.3 Å². The van der Waals surface area contributed by atoms with Crippen molar-refractivity contribution in [2.75, 3.05) is 11.9 Å². The van der Waals surface area contributed by atoms with Crippen LogP contribution in [0.3, 0.4) is 0 Å². The van der Waals surface area contributed by atoms with Gasteiger partial charge in [0.05, 0.1) is 12.8 Å². The van der Waals surface area contributed by atoms with Crippen LogP contribution < -0.4 is 10.2 Å². The molecule has 0 bridgehead atoms. The average Bonchev–Trinajstić information content (AvgIpc) is 3.13. The molecule has 100 valence electrons. The van der Waals surface area contributed by atoms with Gasteiger partial charge in [0.1, 0.15) is 11.6 Å². The predicted molar refractivity (Wildman–Crippen MR) is 74.9 cm³/mol. The van der Waals surface area contributed by atoms with Gasteiger partial charge in [-0.05, 0) is 36.6 Å². The lowest BCUT2D eigenvalue weighted by atomic mass is 10.2. The largest absolute Gasteiger partial charge is 0.467 e. The minimum Gasteiger partial charge on any atom is -0.467 e. The molecule has 2 aromatic rings. The zero-order valence-corrected chi connectivity index (χ0v) is 11.2. The van der Waals surface area contributed by atoms with E-state index in [0.717, 1.165) is 30.7 Å². The molecule has 3 rings (SSSR count). The van der Waals surface area contributed by atoms with Gasteiger partial charge < -0.3 is 14.6 Å². The highest BCUT2D eigenvalue weighted by molar-refractivity contribution is 5.38. The van der Waals surface area contributed by atoms with Crippen molar-refractivity contribution in [3.05, 3.63) is 48.0 Å². The van der Waals surface area contributed by atoms with Crippen LogP contribution in [-0.4, -0.2) is 18.1 Å². The van der Waals surface area contributed by atoms with Crippen LogP contribution in [0.4, 0.5) is 5.82 Å². The number of rotatable bonds is 6. The lowest BCUT2D eigenvalue weighted by Gasteiger charge is -2.16. The molecule has 0 spiro atoms. The molecule has 1 fully saturated rings. The van der Waals surface area contributed by atoms with Crippen molar-refractivity contribution >= 4 is 5.82 Å². The molecule has 0 saturated heterocycles. The zero-order valence-electron chi connectivity index (χ0n) is 11.2. The smallest absolute Gasteiger partial charge is 0.128 e. The Morgan fingerprint density at radius 3 is 2.89 bits per heavy atom. The monoisotopic (exact) mass is 257 g/mol. The molecule has 1 N–H and O–H groups in total. The van der Waals surface area contributed by atoms with Gasteiger partial charge in [-0.2, -0.15) is 0 Å². The van der Waals surface area contributed by atoms with Crippen molar-refractivity contribution in [1.82, 2.24) is 10.3 Å². The van der Waals surface area contributed by atoms with Crippen molar-refractivity contribution in [3.8, 4) is 0 Å². The molecule has 0 amide bonds. The van der Waals surface area contributed by atoms with Crippen LogP contribution in [0.5, 0.6) is 0 Å². The molecule has 1 aliphatic rings. The highest BCUT2D eigenvalue weighted by atomic mass is 16.3. The SMILES string of the molecule is CN(Cc1ccco1)c1ccc(CNC2CC2)cn1. The van der Waals surface area contributed by atoms with E-state index < -0.39 is 0 Å². The predicted octanol–water partition coefficient (Wildman–Crippen LogP) is 2.56. The van der Waals surface area contributed by atoms with Gasteiger partial charge in [0, 0.05) is 25.8 Å². The second-order valence-electron chi connectivity index (χ2n) is 5.12. The molecule has 4 heteroatoms. The second kappa shape index (κ2) is 5.45. The fourth-order valence-electron chi connectivity index (χ4n) is 2.01. The second-order valence-corrected chi connectivity index (χ2v) is 5.12. The molecule has 19 heavy (non-hydrogen) atoms. The molecule has 1 aliphatic carbocycles. The number of nitrogens with zero attached hydrogens (tertiary/aromatic N) is 2. The summed E-state index contributed by atoms with van der Waals surface area (Å²) in [5.74, 6) is 1.91. The minimum absolute atomic E-state index is 0.736. The van der Waals surface area contributed by atoms with Gasteiger partial charge in [0.15, 0.2) is 0 Å². The van der Waals surface area contributed by atoms with Gasteiger partial charge in [0.25, 0.3) is 0 Å². The third-order valence-electron chi connectivity index (χ3n) is 3.35. The molecule has 1 saturated carbocycles. The summed E-state index contributed by atoms with van der Waals surface area (Å²) in [6, 6.07) is 8.82. The summed E-state index contributed by atoms with van der Waals surface area (Å²) in [7, 11) is 2.02. The highest BCUT2D eigenvalue weighted by Crippen LogP contribution is 2.19. The van der Waals surface area contributed by atoms with Crippen LogP contribution in [0.2, 0.25) is 0 Å². The summed E-state index contributed by atoms with van der Waals surface area (Å²) in [6.07, 6.45) is 6.28. The quantitative estimate of drug-likeness (QED) is 0.863. The van der Waals surface area contributed by atoms with Crippen LogP contribution in [-0.2, 0) is 13.1 Å². The number of pyridine rings is 1. The third kappa shape index (κ3) is 3.35. The van der Waals surface area contributed by atoms with Gasteiger partial charge >= 0.3 is 0 Å². The van der Waals surface area contributed by atoms with Crippen LogP contribution in [0.25, 0.3) is 0 Å². The summed E-state index contributed by atoms with van der Waals surface area (Å²) in [5.41, 5.74) is 1.24. The van der Waals surface area contributed by atoms with E-state index in [1.165, 1.54) is 18.4 Å². The van der Waals surface area contributed by atoms with Crippen molar-refractivity contribution in [1.29, 1.82) is 0 Å². The van der Waals surface area contributed by atoms with Crippen LogP contribution in [0.1, 0.15) is 24.2 Å². The lowest BCUT2D eigenvalue weighted by Crippen LogP contribution is -2.18. The van der Waals surface area contributed by atoms with E-state index >= 15 is 0 Å². The summed E-state index contributed by atoms with van der Waals surface area (Å²) in [6.45, 7) is 1.65. The average molecular weight is 257 g/mol. The van der Waals surface area contributed by atoms with E-state index in [4.69, 9.17) is 4.42 Å². The van der Waals surface area contributed by atoms with Crippen molar-refractivity contribution in [2.24, 2.45) is 0 Å². The Morgan fingerprint density at radius 1 is 1.37 bits per heavy atom. The van der Waals surface area contributed by atoms with E-state index in [0.29, 0.717) is 0 Å². The Hall–Kier alpha value is -1.81. The maximum Gasteiger partial charge on any atom is 0.128 e. The molecular formula is C15H19N3O. The Morgan fingerprint density at radius 2 is 2.26 bits per heavy atom. The Bertz CT molecular complexity index is 503. The molecular weight excluding hydrogens is 238 g/mol. The molecule has 0 radical (unpaired) electrons. The molecule has 0 aliphatic heterocycles. The molecule has 0 atom stereocenters. The Kier molecular flexibility index (Phi) is 3.51. The van der Waals surface area contributed by atoms with E-state index in [9.17, 15) is 0 Å². The fourth-order valence-corrected chi connectivity index (χ4v) is 2.01. The summed E-state index contributed by atoms with van der Waals surface area (Å²) in [5, 5.41) is 3.49. The fraction of sp³-hybridized carbons (Fsp3) is 0.400. The van der Waals surface area contributed by atoms with Gasteiger partial charge in [-0.1, -0.05) is 6.07 Å². The number of aromatic nitrogens is 1. The summed E-state index contributed by atoms with van der Waals surface area (Å²) in [4.78, 5) is 6.58. The lowest BCUT2D eigenvalue weighted by molar-refractivity contribution is 0.507. The maximum absolute atomic E-state index is 5.34. The Balaban J connectivity index is 1.57. The first-order valence-electron chi connectivity index (χ1n) is 6.73. The van der Waals surface area contributed by atoms with Crippen LogP contribution >= 0.6 is 0 Å². The number of hydrogen-bond donors (Lipinski definition) is 1. The van der Waals surface area contributed by atoms with Gasteiger partial charge in [0.2, 0.25) is 0 Å². The summed E-state index contributed by atoms with van der Waals surface area (Å²) >= 11 is 0. The first kappa shape index (κ1) is 12.2. The summed E-state index contributed by atoms with van der Waals surface area (Å²) < 4.78 is 5.34. The van der Waals surface area contributed by atoms with Crippen LogP contribution in [0.15, 0.2) is 41.1 Å². The number of hydrogen-bond acceptors (Lipinski definition) is 4. The van der Waals surface area contributed by atoms with E-state index in [2.05, 4.69) is 27.3 Å². The van der Waals surface area contributed by atoms with Gasteiger partial charge in [-0.15, -0.1) is 0 Å². The van der Waals surface area contributed by atoms with E-state index in [1.54, 1.807) is 6.26 Å². The van der Waals surface area contributed by atoms with Gasteiger partial charge in [-0.3, -0.25) is 0 Å². The molecule has 2 aromatic heterocycles. The van der Waals surface area contributed by atoms with Gasteiger partial charge in [-0.25, -0.2) is 4.98 Å². The Labute approximate surface area is 113 Å². The van der Waals surface area contributed by atoms with Crippen molar-refractivity contribution < 1.29 is 4.42 Å². The third-order valence-corrected chi connectivity index (χ3v) is 3.35. The maximum atomic E-state index is 5.34. The first-order chi connectivity index (χ1) is 9.31. The van der Waals surface area contributed by atoms with Crippen molar-refractivity contribution in [2.45, 2.75) is 32.0 Å². The standard InChI is InChI=1S/C15H19N3O/c1-18(11-14-3-2-8-19-14)15-7-4-12(10-17-15)9-16-13-5-6-13/h2-4,7-8,10,13,16H,5-6,9,11H2,1H3. The number of anilines is 1. The molecule has 0 unspecified atom stereocenters. The number of furan rings is 1. The van der Waals surface area contributed by atoms with E-state index in [-0.39, 0.29) is 0 Å². The highest BCUT2D eigenvalue weighted by Gasteiger charge is 2.19. The normalized spacial score (nSPS) is 14.6. The number of nitrogens with one attached hydrogen (secondary N) is 1. The van der Waals surface area contributed by atoms with Crippen molar-refractivity contribution in [3.63, 3.8) is 0 Å². The van der Waals surface area contributed by atoms with E-state index in [1.807, 2.05) is 25.4 Å². The molecule has 2 heterocycles. The minimum atomic E-state index is 0.736. The zero-order chi connectivity index (χ0) is 13.1.